The molecule has 1 aliphatic rings. The van der Waals surface area contributed by atoms with Crippen molar-refractivity contribution in [2.75, 3.05) is 19.0 Å². The lowest BCUT2D eigenvalue weighted by atomic mass is 9.74. The van der Waals surface area contributed by atoms with Crippen molar-refractivity contribution >= 4 is 11.8 Å². The minimum Gasteiger partial charge on any atom is -0.497 e. The molecule has 2 rings (SSSR count). The number of nitriles is 1. The Hall–Kier alpha value is -2.42. The predicted octanol–water partition coefficient (Wildman–Crippen LogP) is 3.56. The van der Waals surface area contributed by atoms with Crippen LogP contribution in [0.25, 0.3) is 0 Å². The summed E-state index contributed by atoms with van der Waals surface area (Å²) in [5.41, 5.74) is -0.199. The summed E-state index contributed by atoms with van der Waals surface area (Å²) in [4.78, 5) is 13.0. The second-order valence-corrected chi connectivity index (χ2v) is 7.36. The van der Waals surface area contributed by atoms with Gasteiger partial charge in [-0.1, -0.05) is 20.8 Å². The van der Waals surface area contributed by atoms with Gasteiger partial charge in [-0.3, -0.25) is 0 Å². The molecule has 6 nitrogen and oxygen atoms in total. The molecule has 1 heterocycles. The molecule has 0 radical (unpaired) electrons. The van der Waals surface area contributed by atoms with E-state index in [0.29, 0.717) is 19.4 Å². The van der Waals surface area contributed by atoms with Gasteiger partial charge in [0.1, 0.15) is 11.3 Å². The molecule has 1 amide bonds. The monoisotopic (exact) mass is 331 g/mol. The van der Waals surface area contributed by atoms with Gasteiger partial charge in [0.25, 0.3) is 0 Å². The van der Waals surface area contributed by atoms with Crippen LogP contribution in [0.5, 0.6) is 5.75 Å². The number of benzene rings is 1. The number of hydrogen-bond acceptors (Lipinski definition) is 4. The molecule has 1 aromatic rings. The third-order valence-electron chi connectivity index (χ3n) is 4.63. The number of carboxylic acid groups (broad SMARTS) is 1. The Morgan fingerprint density at radius 1 is 1.42 bits per heavy atom. The van der Waals surface area contributed by atoms with E-state index in [1.807, 2.05) is 45.0 Å². The number of piperidine rings is 1. The molecule has 1 fully saturated rings. The first-order valence-corrected chi connectivity index (χ1v) is 8.04. The fourth-order valence-corrected chi connectivity index (χ4v) is 3.21. The molecule has 0 aromatic heterocycles. The van der Waals surface area contributed by atoms with Crippen LogP contribution in [0.15, 0.2) is 24.3 Å². The second-order valence-electron chi connectivity index (χ2n) is 7.36. The summed E-state index contributed by atoms with van der Waals surface area (Å²) in [6.45, 7) is 6.37. The van der Waals surface area contributed by atoms with Crippen LogP contribution in [0.3, 0.4) is 0 Å². The summed E-state index contributed by atoms with van der Waals surface area (Å²) in [6, 6.07) is 9.57. The van der Waals surface area contributed by atoms with Gasteiger partial charge in [0, 0.05) is 31.1 Å². The Morgan fingerprint density at radius 2 is 2.04 bits per heavy atom. The quantitative estimate of drug-likeness (QED) is 0.884. The molecule has 130 valence electrons. The summed E-state index contributed by atoms with van der Waals surface area (Å²) in [5, 5.41) is 22.6. The van der Waals surface area contributed by atoms with Crippen molar-refractivity contribution in [1.29, 1.82) is 5.26 Å². The lowest BCUT2D eigenvalue weighted by Gasteiger charge is -2.48. The lowest BCUT2D eigenvalue weighted by Crippen LogP contribution is -2.58. The van der Waals surface area contributed by atoms with Crippen molar-refractivity contribution in [1.82, 2.24) is 4.90 Å². The van der Waals surface area contributed by atoms with Crippen molar-refractivity contribution in [3.05, 3.63) is 24.3 Å². The van der Waals surface area contributed by atoms with Gasteiger partial charge in [0.05, 0.1) is 13.2 Å². The highest BCUT2D eigenvalue weighted by Crippen LogP contribution is 2.38. The Balaban J connectivity index is 2.25. The van der Waals surface area contributed by atoms with E-state index in [4.69, 9.17) is 4.74 Å². The molecule has 2 N–H and O–H groups in total. The van der Waals surface area contributed by atoms with E-state index in [1.165, 1.54) is 4.90 Å². The molecule has 0 spiro atoms. The minimum absolute atomic E-state index is 0.228. The van der Waals surface area contributed by atoms with Gasteiger partial charge >= 0.3 is 6.09 Å². The largest absolute Gasteiger partial charge is 0.497 e. The zero-order chi connectivity index (χ0) is 18.0. The maximum absolute atomic E-state index is 11.5. The molecule has 1 aliphatic heterocycles. The number of ether oxygens (including phenoxy) is 1. The van der Waals surface area contributed by atoms with E-state index < -0.39 is 11.6 Å². The number of nitrogens with zero attached hydrogens (tertiary/aromatic N) is 2. The van der Waals surface area contributed by atoms with E-state index in [-0.39, 0.29) is 11.5 Å². The third-order valence-corrected chi connectivity index (χ3v) is 4.63. The lowest BCUT2D eigenvalue weighted by molar-refractivity contribution is 0.0464. The molecule has 1 saturated heterocycles. The number of carbonyl (C=O) groups is 1. The highest BCUT2D eigenvalue weighted by atomic mass is 16.5. The Labute approximate surface area is 143 Å². The van der Waals surface area contributed by atoms with Crippen LogP contribution in [0.4, 0.5) is 10.5 Å². The normalized spacial score (nSPS) is 24.1. The maximum atomic E-state index is 11.5. The van der Waals surface area contributed by atoms with Crippen molar-refractivity contribution in [3.63, 3.8) is 0 Å². The molecule has 2 atom stereocenters. The number of anilines is 1. The zero-order valence-electron chi connectivity index (χ0n) is 14.7. The summed E-state index contributed by atoms with van der Waals surface area (Å²) < 4.78 is 5.15. The second kappa shape index (κ2) is 6.60. The van der Waals surface area contributed by atoms with Gasteiger partial charge in [-0.2, -0.15) is 5.26 Å². The SMILES string of the molecule is COc1ccc(NC2(C#N)CCN(C(=O)O)C(C(C)(C)C)C2)cc1. The van der Waals surface area contributed by atoms with Crippen LogP contribution >= 0.6 is 0 Å². The zero-order valence-corrected chi connectivity index (χ0v) is 14.7. The molecule has 0 saturated carbocycles. The summed E-state index contributed by atoms with van der Waals surface area (Å²) in [6.07, 6.45) is -0.0226. The maximum Gasteiger partial charge on any atom is 0.407 e. The molecule has 1 aromatic carbocycles. The minimum atomic E-state index is -0.925. The molecule has 0 aliphatic carbocycles. The number of nitrogens with one attached hydrogen (secondary N) is 1. The van der Waals surface area contributed by atoms with Crippen LogP contribution in [0.1, 0.15) is 33.6 Å². The van der Waals surface area contributed by atoms with Crippen molar-refractivity contribution in [3.8, 4) is 11.8 Å². The van der Waals surface area contributed by atoms with E-state index in [2.05, 4.69) is 11.4 Å². The molecule has 0 bridgehead atoms. The summed E-state index contributed by atoms with van der Waals surface area (Å²) in [5.74, 6) is 0.750. The first-order chi connectivity index (χ1) is 11.2. The average molecular weight is 331 g/mol. The van der Waals surface area contributed by atoms with Gasteiger partial charge < -0.3 is 20.1 Å². The van der Waals surface area contributed by atoms with E-state index in [0.717, 1.165) is 11.4 Å². The van der Waals surface area contributed by atoms with Crippen molar-refractivity contribution < 1.29 is 14.6 Å². The molecular formula is C18H25N3O3. The highest BCUT2D eigenvalue weighted by molar-refractivity contribution is 5.66. The molecular weight excluding hydrogens is 306 g/mol. The molecule has 2 unspecified atom stereocenters. The summed E-state index contributed by atoms with van der Waals surface area (Å²) in [7, 11) is 1.61. The van der Waals surface area contributed by atoms with Gasteiger partial charge in [0.15, 0.2) is 0 Å². The van der Waals surface area contributed by atoms with Crippen molar-refractivity contribution in [2.24, 2.45) is 5.41 Å². The number of likely N-dealkylation sites (tertiary alicyclic amines) is 1. The molecule has 6 heteroatoms. The number of rotatable bonds is 3. The number of hydrogen-bond donors (Lipinski definition) is 2. The highest BCUT2D eigenvalue weighted by Gasteiger charge is 2.46. The standard InChI is InChI=1S/C18H25N3O3/c1-17(2,3)15-11-18(12-19,9-10-21(15)16(22)23)20-13-5-7-14(24-4)8-6-13/h5-8,15,20H,9-11H2,1-4H3,(H,22,23). The van der Waals surface area contributed by atoms with Crippen LogP contribution in [0, 0.1) is 16.7 Å². The van der Waals surface area contributed by atoms with Crippen LogP contribution in [-0.4, -0.2) is 41.3 Å². The van der Waals surface area contributed by atoms with Crippen LogP contribution in [0.2, 0.25) is 0 Å². The van der Waals surface area contributed by atoms with Gasteiger partial charge in [-0.05, 0) is 29.7 Å². The van der Waals surface area contributed by atoms with E-state index >= 15 is 0 Å². The first-order valence-electron chi connectivity index (χ1n) is 8.04. The smallest absolute Gasteiger partial charge is 0.407 e. The Morgan fingerprint density at radius 3 is 2.50 bits per heavy atom. The number of amides is 1. The summed E-state index contributed by atoms with van der Waals surface area (Å²) >= 11 is 0. The first kappa shape index (κ1) is 17.9. The fourth-order valence-electron chi connectivity index (χ4n) is 3.21. The Bertz CT molecular complexity index is 630. The predicted molar refractivity (Wildman–Crippen MR) is 92.2 cm³/mol. The van der Waals surface area contributed by atoms with E-state index in [1.54, 1.807) is 7.11 Å². The fraction of sp³-hybridized carbons (Fsp3) is 0.556. The third kappa shape index (κ3) is 3.73. The van der Waals surface area contributed by atoms with Gasteiger partial charge in [0.2, 0.25) is 0 Å². The van der Waals surface area contributed by atoms with Gasteiger partial charge in [-0.25, -0.2) is 4.79 Å². The van der Waals surface area contributed by atoms with Crippen molar-refractivity contribution in [2.45, 2.75) is 45.2 Å². The van der Waals surface area contributed by atoms with Crippen LogP contribution < -0.4 is 10.1 Å². The topological polar surface area (TPSA) is 85.6 Å². The van der Waals surface area contributed by atoms with Gasteiger partial charge in [-0.15, -0.1) is 0 Å². The molecule has 24 heavy (non-hydrogen) atoms. The average Bonchev–Trinajstić information content (AvgIpc) is 2.54. The Kier molecular flexibility index (Phi) is 4.93. The van der Waals surface area contributed by atoms with Crippen LogP contribution in [-0.2, 0) is 0 Å². The number of methoxy groups -OCH3 is 1. The van der Waals surface area contributed by atoms with E-state index in [9.17, 15) is 15.2 Å².